The summed E-state index contributed by atoms with van der Waals surface area (Å²) in [6.45, 7) is 0. The SMILES string of the molecule is Cn1c(SC(c2ccc(F)cc2)c2ccc(F)cc2)nnc1C1CCS(=O)(=O)C1. The van der Waals surface area contributed by atoms with E-state index in [2.05, 4.69) is 10.2 Å². The summed E-state index contributed by atoms with van der Waals surface area (Å²) in [7, 11) is -1.21. The zero-order chi connectivity index (χ0) is 20.6. The molecule has 1 aliphatic heterocycles. The summed E-state index contributed by atoms with van der Waals surface area (Å²) in [5, 5.41) is 8.87. The third kappa shape index (κ3) is 4.35. The largest absolute Gasteiger partial charge is 0.309 e. The van der Waals surface area contributed by atoms with Gasteiger partial charge in [0.25, 0.3) is 0 Å². The van der Waals surface area contributed by atoms with Gasteiger partial charge in [-0.1, -0.05) is 36.0 Å². The molecule has 2 aromatic carbocycles. The van der Waals surface area contributed by atoms with Crippen molar-refractivity contribution >= 4 is 21.6 Å². The lowest BCUT2D eigenvalue weighted by Crippen LogP contribution is -2.09. The summed E-state index contributed by atoms with van der Waals surface area (Å²) in [5.41, 5.74) is 1.69. The highest BCUT2D eigenvalue weighted by atomic mass is 32.2. The fourth-order valence-corrected chi connectivity index (χ4v) is 6.37. The van der Waals surface area contributed by atoms with Crippen molar-refractivity contribution in [2.24, 2.45) is 7.05 Å². The maximum Gasteiger partial charge on any atom is 0.191 e. The zero-order valence-corrected chi connectivity index (χ0v) is 17.3. The molecule has 5 nitrogen and oxygen atoms in total. The Morgan fingerprint density at radius 3 is 2.03 bits per heavy atom. The molecule has 9 heteroatoms. The first-order valence-electron chi connectivity index (χ1n) is 9.10. The van der Waals surface area contributed by atoms with Crippen LogP contribution in [0.15, 0.2) is 53.7 Å². The van der Waals surface area contributed by atoms with Crippen molar-refractivity contribution in [1.29, 1.82) is 0 Å². The van der Waals surface area contributed by atoms with Crippen LogP contribution in [0.5, 0.6) is 0 Å². The smallest absolute Gasteiger partial charge is 0.191 e. The molecule has 0 radical (unpaired) electrons. The van der Waals surface area contributed by atoms with E-state index in [4.69, 9.17) is 0 Å². The lowest BCUT2D eigenvalue weighted by Gasteiger charge is -2.17. The minimum Gasteiger partial charge on any atom is -0.309 e. The fraction of sp³-hybridized carbons (Fsp3) is 0.300. The van der Waals surface area contributed by atoms with E-state index in [1.165, 1.54) is 36.0 Å². The number of thioether (sulfide) groups is 1. The second-order valence-electron chi connectivity index (χ2n) is 7.10. The second kappa shape index (κ2) is 7.87. The van der Waals surface area contributed by atoms with E-state index in [1.807, 2.05) is 11.6 Å². The average Bonchev–Trinajstić information content (AvgIpc) is 3.23. The number of benzene rings is 2. The predicted octanol–water partition coefficient (Wildman–Crippen LogP) is 3.88. The topological polar surface area (TPSA) is 64.8 Å². The average molecular weight is 436 g/mol. The van der Waals surface area contributed by atoms with Crippen molar-refractivity contribution < 1.29 is 17.2 Å². The van der Waals surface area contributed by atoms with Crippen molar-refractivity contribution in [3.63, 3.8) is 0 Å². The molecule has 1 aliphatic rings. The number of aromatic nitrogens is 3. The van der Waals surface area contributed by atoms with Crippen LogP contribution < -0.4 is 0 Å². The van der Waals surface area contributed by atoms with Crippen molar-refractivity contribution in [2.45, 2.75) is 22.7 Å². The molecule has 0 N–H and O–H groups in total. The van der Waals surface area contributed by atoms with Gasteiger partial charge in [0.1, 0.15) is 17.5 Å². The Bertz CT molecular complexity index is 1070. The summed E-state index contributed by atoms with van der Waals surface area (Å²) in [5.74, 6) is 0.0662. The van der Waals surface area contributed by atoms with E-state index < -0.39 is 9.84 Å². The van der Waals surface area contributed by atoms with Gasteiger partial charge >= 0.3 is 0 Å². The van der Waals surface area contributed by atoms with Crippen LogP contribution in [-0.2, 0) is 16.9 Å². The van der Waals surface area contributed by atoms with Gasteiger partial charge in [-0.05, 0) is 41.8 Å². The van der Waals surface area contributed by atoms with E-state index in [-0.39, 0.29) is 34.3 Å². The number of sulfone groups is 1. The molecule has 2 heterocycles. The molecule has 1 aromatic heterocycles. The van der Waals surface area contributed by atoms with Gasteiger partial charge in [-0.2, -0.15) is 0 Å². The standard InChI is InChI=1S/C20H19F2N3O2S2/c1-25-19(15-10-11-29(26,27)12-15)23-24-20(25)28-18(13-2-6-16(21)7-3-13)14-4-8-17(22)9-5-14/h2-9,15,18H,10-12H2,1H3. The highest BCUT2D eigenvalue weighted by Gasteiger charge is 2.33. The van der Waals surface area contributed by atoms with Crippen molar-refractivity contribution in [3.8, 4) is 0 Å². The second-order valence-corrected chi connectivity index (χ2v) is 10.4. The van der Waals surface area contributed by atoms with E-state index in [1.54, 1.807) is 24.3 Å². The van der Waals surface area contributed by atoms with Crippen LogP contribution in [0.25, 0.3) is 0 Å². The normalized spacial score (nSPS) is 18.4. The maximum atomic E-state index is 13.4. The zero-order valence-electron chi connectivity index (χ0n) is 15.6. The molecule has 0 spiro atoms. The summed E-state index contributed by atoms with van der Waals surface area (Å²) in [6, 6.07) is 12.3. The Morgan fingerprint density at radius 1 is 1.00 bits per heavy atom. The molecule has 0 amide bonds. The summed E-state index contributed by atoms with van der Waals surface area (Å²) in [6.07, 6.45) is 0.540. The first kappa shape index (κ1) is 20.0. The van der Waals surface area contributed by atoms with Crippen LogP contribution in [-0.4, -0.2) is 34.7 Å². The Hall–Kier alpha value is -2.26. The van der Waals surface area contributed by atoms with Crippen molar-refractivity contribution in [3.05, 3.63) is 77.1 Å². The van der Waals surface area contributed by atoms with Crippen LogP contribution in [0.2, 0.25) is 0 Å². The molecular weight excluding hydrogens is 416 g/mol. The van der Waals surface area contributed by atoms with Gasteiger partial charge in [0.15, 0.2) is 15.0 Å². The number of hydrogen-bond acceptors (Lipinski definition) is 5. The van der Waals surface area contributed by atoms with Crippen LogP contribution in [0.4, 0.5) is 8.78 Å². The van der Waals surface area contributed by atoms with Gasteiger partial charge in [-0.25, -0.2) is 17.2 Å². The third-order valence-corrected chi connectivity index (χ3v) is 8.15. The molecule has 152 valence electrons. The Balaban J connectivity index is 1.66. The van der Waals surface area contributed by atoms with Crippen LogP contribution in [0.1, 0.15) is 34.5 Å². The highest BCUT2D eigenvalue weighted by molar-refractivity contribution is 7.99. The third-order valence-electron chi connectivity index (χ3n) is 5.03. The molecule has 1 atom stereocenters. The molecule has 1 saturated heterocycles. The minimum absolute atomic E-state index is 0.0863. The Labute approximate surface area is 172 Å². The van der Waals surface area contributed by atoms with Gasteiger partial charge in [-0.3, -0.25) is 0 Å². The molecule has 1 fully saturated rings. The molecule has 0 bridgehead atoms. The lowest BCUT2D eigenvalue weighted by atomic mass is 10.0. The minimum atomic E-state index is -3.03. The molecule has 0 saturated carbocycles. The quantitative estimate of drug-likeness (QED) is 0.569. The molecule has 4 rings (SSSR count). The van der Waals surface area contributed by atoms with Crippen LogP contribution in [0, 0.1) is 11.6 Å². The van der Waals surface area contributed by atoms with Crippen molar-refractivity contribution in [1.82, 2.24) is 14.8 Å². The molecule has 0 aliphatic carbocycles. The Morgan fingerprint density at radius 2 is 1.55 bits per heavy atom. The van der Waals surface area contributed by atoms with Crippen molar-refractivity contribution in [2.75, 3.05) is 11.5 Å². The molecule has 1 unspecified atom stereocenters. The lowest BCUT2D eigenvalue weighted by molar-refractivity contribution is 0.599. The summed E-state index contributed by atoms with van der Waals surface area (Å²) < 4.78 is 52.2. The van der Waals surface area contributed by atoms with Gasteiger partial charge in [0.2, 0.25) is 0 Å². The highest BCUT2D eigenvalue weighted by Crippen LogP contribution is 2.40. The number of rotatable bonds is 5. The van der Waals surface area contributed by atoms with E-state index >= 15 is 0 Å². The van der Waals surface area contributed by atoms with Crippen LogP contribution >= 0.6 is 11.8 Å². The van der Waals surface area contributed by atoms with Gasteiger partial charge in [0.05, 0.1) is 16.8 Å². The summed E-state index contributed by atoms with van der Waals surface area (Å²) >= 11 is 1.41. The Kier molecular flexibility index (Phi) is 5.44. The van der Waals surface area contributed by atoms with E-state index in [9.17, 15) is 17.2 Å². The fourth-order valence-electron chi connectivity index (χ4n) is 3.49. The van der Waals surface area contributed by atoms with Gasteiger partial charge in [-0.15, -0.1) is 10.2 Å². The van der Waals surface area contributed by atoms with Gasteiger partial charge in [0, 0.05) is 13.0 Å². The molecule has 3 aromatic rings. The van der Waals surface area contributed by atoms with E-state index in [0.717, 1.165) is 11.1 Å². The summed E-state index contributed by atoms with van der Waals surface area (Å²) in [4.78, 5) is 0. The first-order valence-corrected chi connectivity index (χ1v) is 11.8. The molecular formula is C20H19F2N3O2S2. The monoisotopic (exact) mass is 435 g/mol. The number of hydrogen-bond donors (Lipinski definition) is 0. The predicted molar refractivity (Wildman–Crippen MR) is 108 cm³/mol. The molecule has 29 heavy (non-hydrogen) atoms. The van der Waals surface area contributed by atoms with E-state index in [0.29, 0.717) is 17.4 Å². The number of nitrogens with zero attached hydrogens (tertiary/aromatic N) is 3. The van der Waals surface area contributed by atoms with Crippen LogP contribution in [0.3, 0.4) is 0 Å². The maximum absolute atomic E-state index is 13.4. The first-order chi connectivity index (χ1) is 13.8. The number of halogens is 2. The van der Waals surface area contributed by atoms with Gasteiger partial charge < -0.3 is 4.57 Å².